The number of halogens is 2. The van der Waals surface area contributed by atoms with Crippen LogP contribution in [0.2, 0.25) is 5.02 Å². The molecule has 0 saturated carbocycles. The number of nitrogens with one attached hydrogen (secondary N) is 2. The Morgan fingerprint density at radius 2 is 1.85 bits per heavy atom. The lowest BCUT2D eigenvalue weighted by molar-refractivity contribution is 0.339. The number of hydrogen-bond donors (Lipinski definition) is 2. The Hall–Kier alpha value is -3.03. The van der Waals surface area contributed by atoms with Gasteiger partial charge in [-0.2, -0.15) is 4.98 Å². The molecule has 0 spiro atoms. The van der Waals surface area contributed by atoms with E-state index in [4.69, 9.17) is 21.6 Å². The molecule has 2 aromatic heterocycles. The van der Waals surface area contributed by atoms with Crippen molar-refractivity contribution in [3.63, 3.8) is 0 Å². The molecule has 33 heavy (non-hydrogen) atoms. The quantitative estimate of drug-likeness (QED) is 0.389. The Morgan fingerprint density at radius 1 is 1.06 bits per heavy atom. The first-order chi connectivity index (χ1) is 16.2. The fourth-order valence-corrected chi connectivity index (χ4v) is 4.56. The van der Waals surface area contributed by atoms with E-state index in [1.54, 1.807) is 18.3 Å². The van der Waals surface area contributed by atoms with E-state index in [1.165, 1.54) is 6.07 Å². The van der Waals surface area contributed by atoms with Gasteiger partial charge in [-0.25, -0.2) is 14.4 Å². The van der Waals surface area contributed by atoms with Crippen molar-refractivity contribution in [2.75, 3.05) is 18.4 Å². The summed E-state index contributed by atoms with van der Waals surface area (Å²) in [4.78, 5) is 13.9. The summed E-state index contributed by atoms with van der Waals surface area (Å²) in [5.74, 6) is 1.43. The van der Waals surface area contributed by atoms with Gasteiger partial charge in [0, 0.05) is 18.1 Å². The molecule has 0 amide bonds. The van der Waals surface area contributed by atoms with Crippen LogP contribution in [-0.2, 0) is 13.1 Å². The molecule has 1 saturated heterocycles. The van der Waals surface area contributed by atoms with Crippen molar-refractivity contribution in [1.29, 1.82) is 0 Å². The summed E-state index contributed by atoms with van der Waals surface area (Å²) in [6, 6.07) is 14.4. The first-order valence-electron chi connectivity index (χ1n) is 11.3. The smallest absolute Gasteiger partial charge is 0.225 e. The summed E-state index contributed by atoms with van der Waals surface area (Å²) in [5.41, 5.74) is 2.81. The van der Waals surface area contributed by atoms with Crippen LogP contribution in [0, 0.1) is 11.7 Å². The molecular weight excluding hydrogens is 439 g/mol. The predicted octanol–water partition coefficient (Wildman–Crippen LogP) is 5.29. The minimum absolute atomic E-state index is 0.291. The number of imidazole rings is 1. The number of benzene rings is 2. The number of aryl methyl sites for hydroxylation is 1. The second kappa shape index (κ2) is 9.85. The number of anilines is 1. The second-order valence-corrected chi connectivity index (χ2v) is 8.80. The van der Waals surface area contributed by atoms with Gasteiger partial charge >= 0.3 is 0 Å². The number of fused-ring (bicyclic) bond motifs is 1. The van der Waals surface area contributed by atoms with Gasteiger partial charge in [0.1, 0.15) is 17.2 Å². The van der Waals surface area contributed by atoms with Gasteiger partial charge in [0.15, 0.2) is 5.65 Å². The highest BCUT2D eigenvalue weighted by Gasteiger charge is 2.20. The lowest BCUT2D eigenvalue weighted by Gasteiger charge is -2.23. The lowest BCUT2D eigenvalue weighted by atomic mass is 9.95. The SMILES string of the molecule is Fc1ccccc1-c1nc2cnc(NCc3ccccc3Cl)nc2n1CCC1CCNCC1. The standard InChI is InChI=1S/C25H26ClFN6/c26-20-7-3-1-5-18(20)15-29-25-30-16-22-24(32-25)33(14-11-17-9-12-28-13-10-17)23(31-22)19-6-2-4-8-21(19)27/h1-8,16-17,28H,9-15H2,(H,29,30,32). The highest BCUT2D eigenvalue weighted by molar-refractivity contribution is 6.31. The Morgan fingerprint density at radius 3 is 2.67 bits per heavy atom. The van der Waals surface area contributed by atoms with Crippen molar-refractivity contribution in [1.82, 2.24) is 24.8 Å². The van der Waals surface area contributed by atoms with Crippen molar-refractivity contribution < 1.29 is 4.39 Å². The van der Waals surface area contributed by atoms with Crippen LogP contribution in [-0.4, -0.2) is 32.6 Å². The molecular formula is C25H26ClFN6. The first kappa shape index (κ1) is 21.8. The zero-order valence-electron chi connectivity index (χ0n) is 18.3. The van der Waals surface area contributed by atoms with Gasteiger partial charge in [-0.3, -0.25) is 0 Å². The molecule has 1 aliphatic rings. The molecule has 5 rings (SSSR count). The van der Waals surface area contributed by atoms with Crippen molar-refractivity contribution in [3.05, 3.63) is 71.1 Å². The molecule has 6 nitrogen and oxygen atoms in total. The highest BCUT2D eigenvalue weighted by atomic mass is 35.5. The van der Waals surface area contributed by atoms with E-state index in [9.17, 15) is 4.39 Å². The molecule has 8 heteroatoms. The average molecular weight is 465 g/mol. The maximum atomic E-state index is 14.7. The summed E-state index contributed by atoms with van der Waals surface area (Å²) >= 11 is 6.28. The normalized spacial score (nSPS) is 14.6. The summed E-state index contributed by atoms with van der Waals surface area (Å²) in [6.45, 7) is 3.34. The van der Waals surface area contributed by atoms with E-state index in [2.05, 4.69) is 15.6 Å². The largest absolute Gasteiger partial charge is 0.350 e. The van der Waals surface area contributed by atoms with Gasteiger partial charge < -0.3 is 15.2 Å². The van der Waals surface area contributed by atoms with Gasteiger partial charge in [0.05, 0.1) is 11.8 Å². The molecule has 0 bridgehead atoms. The van der Waals surface area contributed by atoms with Crippen LogP contribution in [0.15, 0.2) is 54.7 Å². The van der Waals surface area contributed by atoms with E-state index < -0.39 is 0 Å². The fraction of sp³-hybridized carbons (Fsp3) is 0.320. The summed E-state index contributed by atoms with van der Waals surface area (Å²) in [7, 11) is 0. The minimum Gasteiger partial charge on any atom is -0.350 e. The summed E-state index contributed by atoms with van der Waals surface area (Å²) in [6.07, 6.45) is 5.01. The number of aromatic nitrogens is 4. The monoisotopic (exact) mass is 464 g/mol. The van der Waals surface area contributed by atoms with Crippen molar-refractivity contribution in [3.8, 4) is 11.4 Å². The molecule has 2 aromatic carbocycles. The average Bonchev–Trinajstić information content (AvgIpc) is 3.20. The van der Waals surface area contributed by atoms with Crippen LogP contribution in [0.1, 0.15) is 24.8 Å². The summed E-state index contributed by atoms with van der Waals surface area (Å²) < 4.78 is 16.7. The maximum Gasteiger partial charge on any atom is 0.225 e. The van der Waals surface area contributed by atoms with Crippen LogP contribution in [0.4, 0.5) is 10.3 Å². The van der Waals surface area contributed by atoms with Crippen LogP contribution < -0.4 is 10.6 Å². The molecule has 0 aliphatic carbocycles. The number of hydrogen-bond acceptors (Lipinski definition) is 5. The zero-order chi connectivity index (χ0) is 22.6. The van der Waals surface area contributed by atoms with Gasteiger partial charge in [0.25, 0.3) is 0 Å². The van der Waals surface area contributed by atoms with Crippen LogP contribution in [0.3, 0.4) is 0 Å². The molecule has 0 unspecified atom stereocenters. The third kappa shape index (κ3) is 4.84. The van der Waals surface area contributed by atoms with Crippen LogP contribution in [0.5, 0.6) is 0 Å². The Bertz CT molecular complexity index is 1250. The van der Waals surface area contributed by atoms with Crippen molar-refractivity contribution in [2.45, 2.75) is 32.4 Å². The van der Waals surface area contributed by atoms with Gasteiger partial charge in [-0.05, 0) is 62.0 Å². The van der Waals surface area contributed by atoms with Crippen molar-refractivity contribution >= 4 is 28.7 Å². The topological polar surface area (TPSA) is 67.7 Å². The fourth-order valence-electron chi connectivity index (χ4n) is 4.36. The maximum absolute atomic E-state index is 14.7. The molecule has 0 radical (unpaired) electrons. The molecule has 170 valence electrons. The Kier molecular flexibility index (Phi) is 6.51. The number of piperidine rings is 1. The van der Waals surface area contributed by atoms with E-state index in [-0.39, 0.29) is 5.82 Å². The Balaban J connectivity index is 1.48. The van der Waals surface area contributed by atoms with E-state index in [1.807, 2.05) is 34.9 Å². The lowest BCUT2D eigenvalue weighted by Crippen LogP contribution is -2.28. The minimum atomic E-state index is -0.291. The van der Waals surface area contributed by atoms with Crippen LogP contribution in [0.25, 0.3) is 22.6 Å². The third-order valence-corrected chi connectivity index (χ3v) is 6.59. The third-order valence-electron chi connectivity index (χ3n) is 6.22. The van der Waals surface area contributed by atoms with Gasteiger partial charge in [-0.1, -0.05) is 41.9 Å². The zero-order valence-corrected chi connectivity index (χ0v) is 19.0. The van der Waals surface area contributed by atoms with Gasteiger partial charge in [-0.15, -0.1) is 0 Å². The second-order valence-electron chi connectivity index (χ2n) is 8.40. The molecule has 3 heterocycles. The van der Waals surface area contributed by atoms with Crippen molar-refractivity contribution in [2.24, 2.45) is 5.92 Å². The van der Waals surface area contributed by atoms with Crippen LogP contribution >= 0.6 is 11.6 Å². The van der Waals surface area contributed by atoms with E-state index in [0.29, 0.717) is 46.0 Å². The molecule has 1 aliphatic heterocycles. The molecule has 4 aromatic rings. The van der Waals surface area contributed by atoms with E-state index in [0.717, 1.165) is 44.5 Å². The predicted molar refractivity (Wildman–Crippen MR) is 130 cm³/mol. The number of nitrogens with zero attached hydrogens (tertiary/aromatic N) is 4. The highest BCUT2D eigenvalue weighted by Crippen LogP contribution is 2.28. The van der Waals surface area contributed by atoms with Gasteiger partial charge in [0.2, 0.25) is 5.95 Å². The first-order valence-corrected chi connectivity index (χ1v) is 11.7. The molecule has 0 atom stereocenters. The number of rotatable bonds is 7. The summed E-state index contributed by atoms with van der Waals surface area (Å²) in [5, 5.41) is 7.37. The Labute approximate surface area is 197 Å². The molecule has 2 N–H and O–H groups in total. The van der Waals surface area contributed by atoms with E-state index >= 15 is 0 Å². The molecule has 1 fully saturated rings.